The highest BCUT2D eigenvalue weighted by Crippen LogP contribution is 2.25. The molecule has 0 unspecified atom stereocenters. The lowest BCUT2D eigenvalue weighted by Crippen LogP contribution is -2.59. The first-order chi connectivity index (χ1) is 12.6. The van der Waals surface area contributed by atoms with Crippen molar-refractivity contribution in [1.29, 1.82) is 0 Å². The zero-order valence-corrected chi connectivity index (χ0v) is 17.3. The van der Waals surface area contributed by atoms with Gasteiger partial charge in [-0.05, 0) is 34.2 Å². The minimum Gasteiger partial charge on any atom is -0.444 e. The third-order valence-electron chi connectivity index (χ3n) is 4.74. The van der Waals surface area contributed by atoms with Crippen molar-refractivity contribution in [3.05, 3.63) is 15.6 Å². The molecule has 0 spiro atoms. The van der Waals surface area contributed by atoms with Gasteiger partial charge in [-0.15, -0.1) is 11.3 Å². The van der Waals surface area contributed by atoms with Crippen molar-refractivity contribution in [3.63, 3.8) is 0 Å². The second kappa shape index (κ2) is 7.73. The number of hydrogen-bond donors (Lipinski definition) is 2. The van der Waals surface area contributed by atoms with E-state index in [9.17, 15) is 9.59 Å². The van der Waals surface area contributed by atoms with E-state index in [0.29, 0.717) is 24.5 Å². The molecule has 2 aliphatic rings. The third kappa shape index (κ3) is 4.97. The van der Waals surface area contributed by atoms with Gasteiger partial charge in [0.2, 0.25) is 0 Å². The van der Waals surface area contributed by atoms with Crippen LogP contribution < -0.4 is 11.1 Å². The number of carbonyl (C=O) groups excluding carboxylic acids is 2. The summed E-state index contributed by atoms with van der Waals surface area (Å²) in [5, 5.41) is 3.50. The van der Waals surface area contributed by atoms with Crippen molar-refractivity contribution in [3.8, 4) is 0 Å². The van der Waals surface area contributed by atoms with Gasteiger partial charge in [0.05, 0.1) is 5.69 Å². The maximum atomic E-state index is 12.6. The number of amides is 2. The summed E-state index contributed by atoms with van der Waals surface area (Å²) in [6, 6.07) is -0.518. The van der Waals surface area contributed by atoms with Crippen LogP contribution in [0.2, 0.25) is 0 Å². The summed E-state index contributed by atoms with van der Waals surface area (Å²) in [6.45, 7) is 8.18. The van der Waals surface area contributed by atoms with Crippen molar-refractivity contribution in [2.75, 3.05) is 26.7 Å². The number of nitrogens with two attached hydrogens (primary N) is 1. The van der Waals surface area contributed by atoms with Gasteiger partial charge in [0.25, 0.3) is 5.91 Å². The predicted octanol–water partition coefficient (Wildman–Crippen LogP) is 1.20. The molecule has 1 saturated heterocycles. The first-order valence-corrected chi connectivity index (χ1v) is 10.2. The maximum absolute atomic E-state index is 12.6. The Balaban J connectivity index is 1.56. The molecule has 1 aromatic rings. The fourth-order valence-corrected chi connectivity index (χ4v) is 4.40. The Labute approximate surface area is 164 Å². The van der Waals surface area contributed by atoms with E-state index in [1.165, 1.54) is 11.3 Å². The molecule has 0 bridgehead atoms. The highest BCUT2D eigenvalue weighted by atomic mass is 32.1. The number of aromatic nitrogens is 1. The molecule has 27 heavy (non-hydrogen) atoms. The molecular formula is C18H29N5O3S. The third-order valence-corrected chi connectivity index (χ3v) is 5.82. The Kier molecular flexibility index (Phi) is 5.73. The molecule has 1 aromatic heterocycles. The van der Waals surface area contributed by atoms with Crippen LogP contribution in [0.25, 0.3) is 0 Å². The van der Waals surface area contributed by atoms with E-state index in [-0.39, 0.29) is 24.1 Å². The number of nitrogens with one attached hydrogen (secondary N) is 1. The van der Waals surface area contributed by atoms with Gasteiger partial charge in [0, 0.05) is 49.6 Å². The summed E-state index contributed by atoms with van der Waals surface area (Å²) in [4.78, 5) is 34.3. The first-order valence-electron chi connectivity index (χ1n) is 9.34. The van der Waals surface area contributed by atoms with Crippen molar-refractivity contribution in [2.45, 2.75) is 57.8 Å². The number of ether oxygens (including phenoxy) is 1. The fraction of sp³-hybridized carbons (Fsp3) is 0.722. The maximum Gasteiger partial charge on any atom is 0.410 e. The average Bonchev–Trinajstić information content (AvgIpc) is 2.98. The van der Waals surface area contributed by atoms with Crippen molar-refractivity contribution in [2.24, 2.45) is 5.73 Å². The first kappa shape index (κ1) is 20.0. The minimum atomic E-state index is -0.537. The highest BCUT2D eigenvalue weighted by Gasteiger charge is 2.33. The zero-order chi connectivity index (χ0) is 19.8. The van der Waals surface area contributed by atoms with E-state index in [0.717, 1.165) is 30.1 Å². The number of nitrogens with zero attached hydrogens (tertiary/aromatic N) is 3. The van der Waals surface area contributed by atoms with Gasteiger partial charge < -0.3 is 25.6 Å². The molecule has 8 nitrogen and oxygen atoms in total. The molecule has 1 fully saturated rings. The smallest absolute Gasteiger partial charge is 0.410 e. The van der Waals surface area contributed by atoms with Crippen molar-refractivity contribution in [1.82, 2.24) is 20.1 Å². The van der Waals surface area contributed by atoms with Crippen LogP contribution in [0.5, 0.6) is 0 Å². The van der Waals surface area contributed by atoms with Crippen LogP contribution in [0, 0.1) is 0 Å². The van der Waals surface area contributed by atoms with Crippen LogP contribution in [0.3, 0.4) is 0 Å². The monoisotopic (exact) mass is 395 g/mol. The van der Waals surface area contributed by atoms with Gasteiger partial charge in [-0.25, -0.2) is 9.78 Å². The van der Waals surface area contributed by atoms with Crippen LogP contribution in [0.1, 0.15) is 47.6 Å². The van der Waals surface area contributed by atoms with Gasteiger partial charge in [-0.1, -0.05) is 0 Å². The number of likely N-dealkylation sites (N-methyl/N-ethyl adjacent to an activating group) is 1. The van der Waals surface area contributed by atoms with Crippen LogP contribution in [-0.4, -0.2) is 71.2 Å². The second-order valence-electron chi connectivity index (χ2n) is 8.34. The Morgan fingerprint density at radius 2 is 2.07 bits per heavy atom. The van der Waals surface area contributed by atoms with E-state index >= 15 is 0 Å². The molecule has 0 radical (unpaired) electrons. The van der Waals surface area contributed by atoms with Gasteiger partial charge in [0.1, 0.15) is 5.60 Å². The molecule has 3 rings (SSSR count). The summed E-state index contributed by atoms with van der Waals surface area (Å²) in [7, 11) is 2.07. The van der Waals surface area contributed by atoms with Gasteiger partial charge in [0.15, 0.2) is 5.01 Å². The lowest BCUT2D eigenvalue weighted by atomic mass is 10.0. The molecule has 0 aromatic carbocycles. The zero-order valence-electron chi connectivity index (χ0n) is 16.4. The summed E-state index contributed by atoms with van der Waals surface area (Å²) < 4.78 is 5.40. The van der Waals surface area contributed by atoms with E-state index < -0.39 is 5.60 Å². The molecule has 0 aliphatic carbocycles. The number of piperidine rings is 1. The number of likely N-dealkylation sites (tertiary alicyclic amines) is 1. The normalized spacial score (nSPS) is 23.7. The Bertz CT molecular complexity index is 714. The lowest BCUT2D eigenvalue weighted by molar-refractivity contribution is 0.0179. The lowest BCUT2D eigenvalue weighted by Gasteiger charge is -2.37. The van der Waals surface area contributed by atoms with Crippen molar-refractivity contribution < 1.29 is 14.3 Å². The van der Waals surface area contributed by atoms with Gasteiger partial charge >= 0.3 is 6.09 Å². The topological polar surface area (TPSA) is 101 Å². The predicted molar refractivity (Wildman–Crippen MR) is 104 cm³/mol. The van der Waals surface area contributed by atoms with Crippen LogP contribution in [0.15, 0.2) is 0 Å². The SMILES string of the molecule is CN1CCc2nc(C(=O)N[C@@H]3CCN(C(=O)OC(C)(C)C)C[C@@H]3N)sc2C1. The van der Waals surface area contributed by atoms with Crippen molar-refractivity contribution >= 4 is 23.3 Å². The largest absolute Gasteiger partial charge is 0.444 e. The molecular weight excluding hydrogens is 366 g/mol. The molecule has 2 amide bonds. The summed E-state index contributed by atoms with van der Waals surface area (Å²) in [5.41, 5.74) is 6.72. The van der Waals surface area contributed by atoms with E-state index in [4.69, 9.17) is 10.5 Å². The Morgan fingerprint density at radius 3 is 2.74 bits per heavy atom. The number of carbonyl (C=O) groups is 2. The Hall–Kier alpha value is -1.71. The summed E-state index contributed by atoms with van der Waals surface area (Å²) in [6.07, 6.45) is 1.11. The number of hydrogen-bond acceptors (Lipinski definition) is 7. The molecule has 2 atom stereocenters. The molecule has 150 valence electrons. The molecule has 9 heteroatoms. The van der Waals surface area contributed by atoms with Gasteiger partial charge in [-0.3, -0.25) is 4.79 Å². The average molecular weight is 396 g/mol. The highest BCUT2D eigenvalue weighted by molar-refractivity contribution is 7.13. The summed E-state index contributed by atoms with van der Waals surface area (Å²) in [5.74, 6) is -0.178. The van der Waals surface area contributed by atoms with Gasteiger partial charge in [-0.2, -0.15) is 0 Å². The summed E-state index contributed by atoms with van der Waals surface area (Å²) >= 11 is 1.46. The minimum absolute atomic E-state index is 0.178. The number of fused-ring (bicyclic) bond motifs is 1. The number of thiazole rings is 1. The molecule has 0 saturated carbocycles. The standard InChI is InChI=1S/C18H29N5O3S/c1-18(2,3)26-17(25)23-8-6-12(11(19)9-23)20-15(24)16-21-13-5-7-22(4)10-14(13)27-16/h11-12H,5-10,19H2,1-4H3,(H,20,24)/t11-,12+/m0/s1. The van der Waals surface area contributed by atoms with E-state index in [1.54, 1.807) is 4.90 Å². The molecule has 3 N–H and O–H groups in total. The second-order valence-corrected chi connectivity index (χ2v) is 9.42. The Morgan fingerprint density at radius 1 is 1.33 bits per heavy atom. The van der Waals surface area contributed by atoms with Crippen LogP contribution >= 0.6 is 11.3 Å². The number of rotatable bonds is 2. The quantitative estimate of drug-likeness (QED) is 0.780. The molecule has 3 heterocycles. The fourth-order valence-electron chi connectivity index (χ4n) is 3.30. The molecule has 2 aliphatic heterocycles. The van der Waals surface area contributed by atoms with E-state index in [1.807, 2.05) is 20.8 Å². The van der Waals surface area contributed by atoms with Crippen LogP contribution in [-0.2, 0) is 17.7 Å². The van der Waals surface area contributed by atoms with E-state index in [2.05, 4.69) is 22.2 Å². The van der Waals surface area contributed by atoms with Crippen LogP contribution in [0.4, 0.5) is 4.79 Å².